The van der Waals surface area contributed by atoms with Crippen molar-refractivity contribution in [3.8, 4) is 0 Å². The van der Waals surface area contributed by atoms with Crippen molar-refractivity contribution in [3.05, 3.63) is 70.3 Å². The minimum Gasteiger partial charge on any atom is -0.452 e. The van der Waals surface area contributed by atoms with Crippen molar-refractivity contribution in [2.75, 3.05) is 19.7 Å². The molecule has 1 aliphatic carbocycles. The highest BCUT2D eigenvalue weighted by atomic mass is 16.5. The first-order chi connectivity index (χ1) is 15.0. The Morgan fingerprint density at radius 3 is 2.00 bits per heavy atom. The number of fused-ring (bicyclic) bond motifs is 2. The molecular weight excluding hydrogens is 394 g/mol. The van der Waals surface area contributed by atoms with E-state index in [0.717, 1.165) is 25.7 Å². The molecule has 0 atom stereocenters. The van der Waals surface area contributed by atoms with Crippen molar-refractivity contribution in [1.82, 2.24) is 4.90 Å². The summed E-state index contributed by atoms with van der Waals surface area (Å²) in [5, 5.41) is 0. The summed E-state index contributed by atoms with van der Waals surface area (Å²) in [7, 11) is 0. The molecule has 2 aromatic carbocycles. The van der Waals surface area contributed by atoms with Crippen molar-refractivity contribution >= 4 is 23.4 Å². The quantitative estimate of drug-likeness (QED) is 0.487. The Morgan fingerprint density at radius 1 is 0.806 bits per heavy atom. The predicted octanol–water partition coefficient (Wildman–Crippen LogP) is 4.05. The van der Waals surface area contributed by atoms with Crippen molar-refractivity contribution in [2.45, 2.75) is 39.5 Å². The summed E-state index contributed by atoms with van der Waals surface area (Å²) in [6.07, 6.45) is 3.68. The number of hydrogen-bond donors (Lipinski definition) is 0. The van der Waals surface area contributed by atoms with Crippen molar-refractivity contribution < 1.29 is 23.9 Å². The van der Waals surface area contributed by atoms with Crippen LogP contribution in [0.1, 0.15) is 81.7 Å². The Bertz CT molecular complexity index is 1000. The Hall–Kier alpha value is -3.28. The Kier molecular flexibility index (Phi) is 7.34. The number of benzene rings is 2. The molecule has 0 heterocycles. The normalized spacial score (nSPS) is 12.2. The zero-order chi connectivity index (χ0) is 22.4. The van der Waals surface area contributed by atoms with Crippen LogP contribution < -0.4 is 0 Å². The number of rotatable bonds is 9. The number of esters is 1. The lowest BCUT2D eigenvalue weighted by molar-refractivity contribution is -0.134. The highest BCUT2D eigenvalue weighted by Crippen LogP contribution is 2.29. The van der Waals surface area contributed by atoms with Gasteiger partial charge in [0.25, 0.3) is 5.91 Å². The second-order valence-electron chi connectivity index (χ2n) is 7.60. The summed E-state index contributed by atoms with van der Waals surface area (Å²) in [5.41, 5.74) is 0.811. The van der Waals surface area contributed by atoms with Crippen LogP contribution in [0.5, 0.6) is 0 Å². The fraction of sp³-hybridized carbons (Fsp3) is 0.360. The molecule has 0 radical (unpaired) electrons. The van der Waals surface area contributed by atoms with E-state index in [4.69, 9.17) is 4.74 Å². The summed E-state index contributed by atoms with van der Waals surface area (Å²) in [6, 6.07) is 11.1. The lowest BCUT2D eigenvalue weighted by Crippen LogP contribution is -2.36. The average molecular weight is 421 g/mol. The van der Waals surface area contributed by atoms with Crippen LogP contribution in [0, 0.1) is 0 Å². The molecule has 1 amide bonds. The minimum absolute atomic E-state index is 0.00631. The molecule has 0 bridgehead atoms. The number of amides is 1. The highest BCUT2D eigenvalue weighted by Gasteiger charge is 2.33. The summed E-state index contributed by atoms with van der Waals surface area (Å²) >= 11 is 0. The molecule has 31 heavy (non-hydrogen) atoms. The molecule has 0 spiro atoms. The van der Waals surface area contributed by atoms with Crippen molar-refractivity contribution in [1.29, 1.82) is 0 Å². The van der Waals surface area contributed by atoms with E-state index in [-0.39, 0.29) is 33.9 Å². The summed E-state index contributed by atoms with van der Waals surface area (Å²) in [4.78, 5) is 52.9. The maximum Gasteiger partial charge on any atom is 0.339 e. The van der Waals surface area contributed by atoms with E-state index >= 15 is 0 Å². The Morgan fingerprint density at radius 2 is 1.39 bits per heavy atom. The lowest BCUT2D eigenvalue weighted by atomic mass is 9.82. The van der Waals surface area contributed by atoms with Crippen LogP contribution in [-0.2, 0) is 9.53 Å². The van der Waals surface area contributed by atoms with E-state index in [2.05, 4.69) is 13.8 Å². The third kappa shape index (κ3) is 4.74. The minimum atomic E-state index is -0.781. The van der Waals surface area contributed by atoms with E-state index in [1.807, 2.05) is 0 Å². The molecule has 6 nitrogen and oxygen atoms in total. The number of nitrogens with zero attached hydrogens (tertiary/aromatic N) is 1. The number of ether oxygens (including phenoxy) is 1. The van der Waals surface area contributed by atoms with Gasteiger partial charge in [0.2, 0.25) is 0 Å². The van der Waals surface area contributed by atoms with E-state index in [1.165, 1.54) is 12.1 Å². The van der Waals surface area contributed by atoms with Gasteiger partial charge in [0.1, 0.15) is 0 Å². The molecule has 0 aromatic heterocycles. The second-order valence-corrected chi connectivity index (χ2v) is 7.60. The van der Waals surface area contributed by atoms with Gasteiger partial charge in [-0.25, -0.2) is 4.79 Å². The number of carbonyl (C=O) groups excluding carboxylic acids is 4. The lowest BCUT2D eigenvalue weighted by Gasteiger charge is -2.22. The topological polar surface area (TPSA) is 80.8 Å². The van der Waals surface area contributed by atoms with Gasteiger partial charge >= 0.3 is 5.97 Å². The Labute approximate surface area is 182 Å². The molecule has 1 aliphatic rings. The summed E-state index contributed by atoms with van der Waals surface area (Å²) in [5.74, 6) is -1.73. The predicted molar refractivity (Wildman–Crippen MR) is 116 cm³/mol. The zero-order valence-electron chi connectivity index (χ0n) is 18.0. The fourth-order valence-electron chi connectivity index (χ4n) is 3.67. The SMILES string of the molecule is CCCCN(CCCC)C(=O)COC(=O)c1cccc2c1C(=O)c1ccccc1C2=O. The number of ketones is 2. The van der Waals surface area contributed by atoms with E-state index in [9.17, 15) is 19.2 Å². The van der Waals surface area contributed by atoms with Crippen molar-refractivity contribution in [2.24, 2.45) is 0 Å². The van der Waals surface area contributed by atoms with Crippen LogP contribution in [0.15, 0.2) is 42.5 Å². The van der Waals surface area contributed by atoms with E-state index < -0.39 is 18.4 Å². The molecule has 0 N–H and O–H groups in total. The molecule has 0 fully saturated rings. The van der Waals surface area contributed by atoms with Gasteiger partial charge in [0, 0.05) is 35.3 Å². The maximum absolute atomic E-state index is 13.0. The molecule has 6 heteroatoms. The highest BCUT2D eigenvalue weighted by molar-refractivity contribution is 6.30. The van der Waals surface area contributed by atoms with E-state index in [0.29, 0.717) is 18.7 Å². The molecule has 162 valence electrons. The number of unbranched alkanes of at least 4 members (excludes halogenated alkanes) is 2. The average Bonchev–Trinajstić information content (AvgIpc) is 2.80. The first kappa shape index (κ1) is 22.4. The summed E-state index contributed by atoms with van der Waals surface area (Å²) in [6.45, 7) is 4.96. The van der Waals surface area contributed by atoms with Gasteiger partial charge < -0.3 is 9.64 Å². The van der Waals surface area contributed by atoms with Crippen LogP contribution in [0.25, 0.3) is 0 Å². The van der Waals surface area contributed by atoms with Crippen LogP contribution in [0.3, 0.4) is 0 Å². The molecule has 2 aromatic rings. The van der Waals surface area contributed by atoms with Gasteiger partial charge in [-0.3, -0.25) is 14.4 Å². The first-order valence-corrected chi connectivity index (χ1v) is 10.8. The van der Waals surface area contributed by atoms with Gasteiger partial charge in [0.05, 0.1) is 5.56 Å². The maximum atomic E-state index is 13.0. The van der Waals surface area contributed by atoms with Gasteiger partial charge in [-0.1, -0.05) is 63.1 Å². The van der Waals surface area contributed by atoms with Crippen LogP contribution >= 0.6 is 0 Å². The third-order valence-corrected chi connectivity index (χ3v) is 5.41. The van der Waals surface area contributed by atoms with Gasteiger partial charge in [-0.2, -0.15) is 0 Å². The van der Waals surface area contributed by atoms with Crippen LogP contribution in [0.2, 0.25) is 0 Å². The van der Waals surface area contributed by atoms with Crippen LogP contribution in [-0.4, -0.2) is 48.0 Å². The third-order valence-electron chi connectivity index (χ3n) is 5.41. The zero-order valence-corrected chi connectivity index (χ0v) is 18.0. The molecule has 3 rings (SSSR count). The fourth-order valence-corrected chi connectivity index (χ4v) is 3.67. The van der Waals surface area contributed by atoms with Gasteiger partial charge in [-0.05, 0) is 18.9 Å². The molecule has 0 saturated carbocycles. The number of hydrogen-bond acceptors (Lipinski definition) is 5. The summed E-state index contributed by atoms with van der Waals surface area (Å²) < 4.78 is 5.27. The van der Waals surface area contributed by atoms with Crippen molar-refractivity contribution in [3.63, 3.8) is 0 Å². The molecular formula is C25H27NO5. The number of carbonyl (C=O) groups is 4. The standard InChI is InChI=1S/C25H27NO5/c1-3-5-14-26(15-6-4-2)21(27)16-31-25(30)20-13-9-12-19-22(20)24(29)18-11-8-7-10-17(18)23(19)28/h7-13H,3-6,14-16H2,1-2H3. The Balaban J connectivity index is 1.78. The first-order valence-electron chi connectivity index (χ1n) is 10.8. The monoisotopic (exact) mass is 421 g/mol. The second kappa shape index (κ2) is 10.2. The largest absolute Gasteiger partial charge is 0.452 e. The molecule has 0 unspecified atom stereocenters. The van der Waals surface area contributed by atoms with Gasteiger partial charge in [0.15, 0.2) is 18.2 Å². The molecule has 0 saturated heterocycles. The van der Waals surface area contributed by atoms with Gasteiger partial charge in [-0.15, -0.1) is 0 Å². The van der Waals surface area contributed by atoms with Crippen LogP contribution in [0.4, 0.5) is 0 Å². The smallest absolute Gasteiger partial charge is 0.339 e. The molecule has 0 aliphatic heterocycles. The van der Waals surface area contributed by atoms with E-state index in [1.54, 1.807) is 35.2 Å².